The Labute approximate surface area is 128 Å². The Bertz CT molecular complexity index is 676. The predicted molar refractivity (Wildman–Crippen MR) is 79.9 cm³/mol. The molecule has 2 aromatic heterocycles. The molecule has 116 valence electrons. The van der Waals surface area contributed by atoms with Crippen LogP contribution in [0.5, 0.6) is 0 Å². The van der Waals surface area contributed by atoms with E-state index < -0.39 is 5.82 Å². The first-order valence-electron chi connectivity index (χ1n) is 7.45. The van der Waals surface area contributed by atoms with Crippen LogP contribution in [0.4, 0.5) is 4.39 Å². The minimum atomic E-state index is -0.483. The van der Waals surface area contributed by atoms with Crippen molar-refractivity contribution in [1.82, 2.24) is 19.4 Å². The number of halogens is 1. The van der Waals surface area contributed by atoms with Crippen molar-refractivity contribution in [3.8, 4) is 0 Å². The van der Waals surface area contributed by atoms with Gasteiger partial charge in [0.15, 0.2) is 0 Å². The number of imidazole rings is 1. The van der Waals surface area contributed by atoms with Crippen LogP contribution in [0.2, 0.25) is 0 Å². The van der Waals surface area contributed by atoms with Gasteiger partial charge in [-0.1, -0.05) is 13.8 Å². The molecule has 1 amide bonds. The highest BCUT2D eigenvalue weighted by atomic mass is 19.1. The van der Waals surface area contributed by atoms with Gasteiger partial charge in [0.05, 0.1) is 11.8 Å². The lowest BCUT2D eigenvalue weighted by Gasteiger charge is -2.39. The summed E-state index contributed by atoms with van der Waals surface area (Å²) >= 11 is 0. The molecule has 1 aliphatic heterocycles. The molecule has 0 atom stereocenters. The zero-order valence-electron chi connectivity index (χ0n) is 12.7. The van der Waals surface area contributed by atoms with Crippen LogP contribution in [0.1, 0.15) is 35.9 Å². The lowest BCUT2D eigenvalue weighted by atomic mass is 9.98. The zero-order chi connectivity index (χ0) is 15.7. The van der Waals surface area contributed by atoms with Gasteiger partial charge < -0.3 is 9.47 Å². The molecular formula is C16H19FN4O. The molecule has 0 spiro atoms. The summed E-state index contributed by atoms with van der Waals surface area (Å²) in [6, 6.07) is 1.23. The van der Waals surface area contributed by atoms with Gasteiger partial charge in [0.1, 0.15) is 11.6 Å². The Morgan fingerprint density at radius 1 is 1.41 bits per heavy atom. The lowest BCUT2D eigenvalue weighted by molar-refractivity contribution is 0.0466. The molecule has 1 fully saturated rings. The van der Waals surface area contributed by atoms with Crippen LogP contribution in [0.15, 0.2) is 30.9 Å². The van der Waals surface area contributed by atoms with E-state index in [0.29, 0.717) is 30.5 Å². The summed E-state index contributed by atoms with van der Waals surface area (Å²) in [7, 11) is 0. The maximum Gasteiger partial charge on any atom is 0.255 e. The first kappa shape index (κ1) is 14.7. The fourth-order valence-electron chi connectivity index (χ4n) is 2.82. The molecule has 0 saturated carbocycles. The van der Waals surface area contributed by atoms with Crippen LogP contribution in [-0.2, 0) is 6.54 Å². The van der Waals surface area contributed by atoms with Crippen molar-refractivity contribution >= 4 is 5.91 Å². The van der Waals surface area contributed by atoms with Crippen LogP contribution in [0.3, 0.4) is 0 Å². The minimum Gasteiger partial charge on any atom is -0.338 e. The number of pyridine rings is 1. The molecule has 22 heavy (non-hydrogen) atoms. The van der Waals surface area contributed by atoms with Gasteiger partial charge in [-0.3, -0.25) is 9.78 Å². The average Bonchev–Trinajstić information content (AvgIpc) is 2.90. The van der Waals surface area contributed by atoms with E-state index in [2.05, 4.69) is 28.4 Å². The Morgan fingerprint density at radius 2 is 2.18 bits per heavy atom. The van der Waals surface area contributed by atoms with E-state index in [1.165, 1.54) is 12.3 Å². The van der Waals surface area contributed by atoms with Crippen molar-refractivity contribution < 1.29 is 9.18 Å². The van der Waals surface area contributed by atoms with Crippen molar-refractivity contribution in [1.29, 1.82) is 0 Å². The SMILES string of the molecule is CC(C)c1nccn1CC1CN(C(=O)c2cncc(F)c2)C1. The van der Waals surface area contributed by atoms with Gasteiger partial charge in [-0.25, -0.2) is 9.37 Å². The molecule has 0 N–H and O–H groups in total. The molecule has 0 radical (unpaired) electrons. The molecular weight excluding hydrogens is 283 g/mol. The summed E-state index contributed by atoms with van der Waals surface area (Å²) in [6.07, 6.45) is 6.30. The number of rotatable bonds is 4. The number of carbonyl (C=O) groups excluding carboxylic acids is 1. The second kappa shape index (κ2) is 5.87. The highest BCUT2D eigenvalue weighted by molar-refractivity contribution is 5.94. The van der Waals surface area contributed by atoms with Crippen molar-refractivity contribution in [3.05, 3.63) is 48.1 Å². The normalized spacial score (nSPS) is 15.2. The molecule has 1 saturated heterocycles. The number of aromatic nitrogens is 3. The standard InChI is InChI=1S/C16H19FN4O/c1-11(2)15-19-3-4-20(15)8-12-9-21(10-12)16(22)13-5-14(17)7-18-6-13/h3-7,11-12H,8-10H2,1-2H3. The molecule has 0 unspecified atom stereocenters. The zero-order valence-corrected chi connectivity index (χ0v) is 12.7. The molecule has 0 bridgehead atoms. The monoisotopic (exact) mass is 302 g/mol. The Kier molecular flexibility index (Phi) is 3.92. The summed E-state index contributed by atoms with van der Waals surface area (Å²) in [5.74, 6) is 1.23. The quantitative estimate of drug-likeness (QED) is 0.871. The van der Waals surface area contributed by atoms with Crippen LogP contribution in [0, 0.1) is 11.7 Å². The topological polar surface area (TPSA) is 51.0 Å². The van der Waals surface area contributed by atoms with E-state index in [-0.39, 0.29) is 5.91 Å². The van der Waals surface area contributed by atoms with Crippen LogP contribution >= 0.6 is 0 Å². The third kappa shape index (κ3) is 2.86. The van der Waals surface area contributed by atoms with Crippen molar-refractivity contribution in [2.45, 2.75) is 26.3 Å². The highest BCUT2D eigenvalue weighted by Gasteiger charge is 2.32. The third-order valence-corrected chi connectivity index (χ3v) is 3.92. The summed E-state index contributed by atoms with van der Waals surface area (Å²) < 4.78 is 15.3. The first-order valence-corrected chi connectivity index (χ1v) is 7.45. The summed E-state index contributed by atoms with van der Waals surface area (Å²) in [4.78, 5) is 22.0. The average molecular weight is 302 g/mol. The van der Waals surface area contributed by atoms with Gasteiger partial charge in [-0.05, 0) is 6.07 Å². The van der Waals surface area contributed by atoms with E-state index in [1.807, 2.05) is 12.4 Å². The second-order valence-corrected chi connectivity index (χ2v) is 6.06. The largest absolute Gasteiger partial charge is 0.338 e. The third-order valence-electron chi connectivity index (χ3n) is 3.92. The number of carbonyl (C=O) groups is 1. The van der Waals surface area contributed by atoms with Crippen LogP contribution < -0.4 is 0 Å². The van der Waals surface area contributed by atoms with Gasteiger partial charge in [0, 0.05) is 50.1 Å². The Balaban J connectivity index is 1.58. The van der Waals surface area contributed by atoms with Crippen LogP contribution in [0.25, 0.3) is 0 Å². The second-order valence-electron chi connectivity index (χ2n) is 6.06. The smallest absolute Gasteiger partial charge is 0.255 e. The predicted octanol–water partition coefficient (Wildman–Crippen LogP) is 2.31. The van der Waals surface area contributed by atoms with E-state index in [0.717, 1.165) is 18.6 Å². The molecule has 0 aliphatic carbocycles. The van der Waals surface area contributed by atoms with E-state index >= 15 is 0 Å². The number of amides is 1. The fraction of sp³-hybridized carbons (Fsp3) is 0.438. The first-order chi connectivity index (χ1) is 10.5. The van der Waals surface area contributed by atoms with Gasteiger partial charge >= 0.3 is 0 Å². The van der Waals surface area contributed by atoms with E-state index in [4.69, 9.17) is 0 Å². The summed E-state index contributed by atoms with van der Waals surface area (Å²) in [5.41, 5.74) is 0.309. The van der Waals surface area contributed by atoms with Crippen molar-refractivity contribution in [2.24, 2.45) is 5.92 Å². The van der Waals surface area contributed by atoms with Crippen molar-refractivity contribution in [2.75, 3.05) is 13.1 Å². The van der Waals surface area contributed by atoms with Gasteiger partial charge in [-0.2, -0.15) is 0 Å². The molecule has 3 rings (SSSR count). The van der Waals surface area contributed by atoms with Gasteiger partial charge in [0.25, 0.3) is 5.91 Å². The van der Waals surface area contributed by atoms with E-state index in [9.17, 15) is 9.18 Å². The number of hydrogen-bond donors (Lipinski definition) is 0. The lowest BCUT2D eigenvalue weighted by Crippen LogP contribution is -2.51. The maximum absolute atomic E-state index is 13.1. The molecule has 2 aromatic rings. The Hall–Kier alpha value is -2.24. The number of hydrogen-bond acceptors (Lipinski definition) is 3. The molecule has 6 heteroatoms. The Morgan fingerprint density at radius 3 is 2.86 bits per heavy atom. The van der Waals surface area contributed by atoms with E-state index in [1.54, 1.807) is 4.90 Å². The molecule has 1 aliphatic rings. The van der Waals surface area contributed by atoms with Crippen LogP contribution in [-0.4, -0.2) is 38.4 Å². The van der Waals surface area contributed by atoms with Gasteiger partial charge in [-0.15, -0.1) is 0 Å². The molecule has 0 aromatic carbocycles. The fourth-order valence-corrected chi connectivity index (χ4v) is 2.82. The van der Waals surface area contributed by atoms with Gasteiger partial charge in [0.2, 0.25) is 0 Å². The summed E-state index contributed by atoms with van der Waals surface area (Å²) in [5, 5.41) is 0. The summed E-state index contributed by atoms with van der Waals surface area (Å²) in [6.45, 7) is 6.47. The maximum atomic E-state index is 13.1. The molecule has 5 nitrogen and oxygen atoms in total. The number of likely N-dealkylation sites (tertiary alicyclic amines) is 1. The molecule has 3 heterocycles. The number of nitrogens with zero attached hydrogens (tertiary/aromatic N) is 4. The minimum absolute atomic E-state index is 0.155. The van der Waals surface area contributed by atoms with Crippen molar-refractivity contribution in [3.63, 3.8) is 0 Å². The highest BCUT2D eigenvalue weighted by Crippen LogP contribution is 2.22.